The van der Waals surface area contributed by atoms with Crippen LogP contribution in [0.2, 0.25) is 10.0 Å². The molecule has 1 aromatic heterocycles. The highest BCUT2D eigenvalue weighted by Crippen LogP contribution is 2.29. The first-order chi connectivity index (χ1) is 15.8. The number of halogens is 6. The fourth-order valence-corrected chi connectivity index (χ4v) is 3.39. The van der Waals surface area contributed by atoms with Crippen molar-refractivity contribution in [3.05, 3.63) is 84.9 Å². The minimum atomic E-state index is -4.93. The van der Waals surface area contributed by atoms with Gasteiger partial charge in [-0.25, -0.2) is 13.8 Å². The maximum atomic E-state index is 14.3. The summed E-state index contributed by atoms with van der Waals surface area (Å²) in [5.74, 6) is -1.59. The molecule has 180 valence electrons. The predicted molar refractivity (Wildman–Crippen MR) is 117 cm³/mol. The van der Waals surface area contributed by atoms with E-state index in [1.54, 1.807) is 0 Å². The number of hydrogen-bond acceptors (Lipinski definition) is 4. The molecule has 0 spiro atoms. The number of benzene rings is 2. The molecular formula is C21H15Cl2F4N3O4. The largest absolute Gasteiger partial charge is 0.479 e. The second-order valence-electron chi connectivity index (χ2n) is 7.03. The van der Waals surface area contributed by atoms with E-state index in [-0.39, 0.29) is 27.1 Å². The van der Waals surface area contributed by atoms with E-state index in [1.807, 2.05) is 0 Å². The zero-order valence-electron chi connectivity index (χ0n) is 17.4. The van der Waals surface area contributed by atoms with Gasteiger partial charge in [-0.2, -0.15) is 13.2 Å². The molecule has 34 heavy (non-hydrogen) atoms. The molecule has 7 nitrogen and oxygen atoms in total. The summed E-state index contributed by atoms with van der Waals surface area (Å²) in [6.45, 7) is 1.36. The van der Waals surface area contributed by atoms with Gasteiger partial charge >= 0.3 is 11.9 Å². The molecule has 0 saturated carbocycles. The Bertz CT molecular complexity index is 1390. The Morgan fingerprint density at radius 2 is 1.76 bits per heavy atom. The van der Waals surface area contributed by atoms with Gasteiger partial charge in [-0.1, -0.05) is 23.2 Å². The molecule has 3 aromatic rings. The van der Waals surface area contributed by atoms with Crippen molar-refractivity contribution in [2.75, 3.05) is 5.32 Å². The van der Waals surface area contributed by atoms with Crippen LogP contribution in [0, 0.1) is 5.82 Å². The van der Waals surface area contributed by atoms with Crippen LogP contribution in [0.15, 0.2) is 52.1 Å². The third-order valence-electron chi connectivity index (χ3n) is 4.64. The van der Waals surface area contributed by atoms with E-state index in [9.17, 15) is 31.9 Å². The maximum Gasteiger partial charge on any atom is 0.431 e. The summed E-state index contributed by atoms with van der Waals surface area (Å²) in [6, 6.07) is 7.35. The molecule has 0 radical (unpaired) electrons. The fraction of sp³-hybridized carbons (Fsp3) is 0.190. The number of amides is 1. The van der Waals surface area contributed by atoms with Crippen LogP contribution in [0.4, 0.5) is 23.2 Å². The molecule has 13 heteroatoms. The van der Waals surface area contributed by atoms with Gasteiger partial charge in [0.05, 0.1) is 16.4 Å². The lowest BCUT2D eigenvalue weighted by Gasteiger charge is -2.17. The zero-order chi connectivity index (χ0) is 25.4. The van der Waals surface area contributed by atoms with E-state index in [0.717, 1.165) is 25.2 Å². The first-order valence-electron chi connectivity index (χ1n) is 9.42. The number of anilines is 1. The van der Waals surface area contributed by atoms with Gasteiger partial charge in [0.1, 0.15) is 17.3 Å². The molecule has 1 heterocycles. The Morgan fingerprint density at radius 1 is 1.09 bits per heavy atom. The molecule has 0 aliphatic carbocycles. The normalized spacial score (nSPS) is 12.4. The third-order valence-corrected chi connectivity index (χ3v) is 5.17. The van der Waals surface area contributed by atoms with Gasteiger partial charge in [0.25, 0.3) is 11.5 Å². The van der Waals surface area contributed by atoms with Crippen molar-refractivity contribution in [2.45, 2.75) is 19.2 Å². The van der Waals surface area contributed by atoms with Crippen molar-refractivity contribution in [1.82, 2.24) is 9.13 Å². The van der Waals surface area contributed by atoms with Crippen molar-refractivity contribution >= 4 is 34.8 Å². The number of carbonyl (C=O) groups is 1. The number of nitrogens with zero attached hydrogens (tertiary/aromatic N) is 2. The van der Waals surface area contributed by atoms with Crippen molar-refractivity contribution in [2.24, 2.45) is 7.05 Å². The number of nitrogens with one attached hydrogen (secondary N) is 1. The van der Waals surface area contributed by atoms with E-state index < -0.39 is 46.6 Å². The summed E-state index contributed by atoms with van der Waals surface area (Å²) in [7, 11) is 0.841. The van der Waals surface area contributed by atoms with Crippen LogP contribution in [-0.4, -0.2) is 21.1 Å². The average Bonchev–Trinajstić information content (AvgIpc) is 2.74. The monoisotopic (exact) mass is 519 g/mol. The van der Waals surface area contributed by atoms with Crippen LogP contribution in [0.3, 0.4) is 0 Å². The quantitative estimate of drug-likeness (QED) is 0.506. The first-order valence-corrected chi connectivity index (χ1v) is 10.2. The summed E-state index contributed by atoms with van der Waals surface area (Å²) in [5, 5.41) is 2.73. The van der Waals surface area contributed by atoms with E-state index in [0.29, 0.717) is 9.59 Å². The SMILES string of the molecule is CC(Oc1ccc(Cl)cc1Cl)C(=O)Nc1cc(-n2c(=O)cc(C(F)(F)F)n(C)c2=O)ccc1F. The lowest BCUT2D eigenvalue weighted by atomic mass is 10.2. The minimum Gasteiger partial charge on any atom is -0.479 e. The van der Waals surface area contributed by atoms with Gasteiger partial charge in [-0.15, -0.1) is 0 Å². The van der Waals surface area contributed by atoms with E-state index in [2.05, 4.69) is 5.32 Å². The van der Waals surface area contributed by atoms with E-state index >= 15 is 0 Å². The van der Waals surface area contributed by atoms with Crippen LogP contribution >= 0.6 is 23.2 Å². The van der Waals surface area contributed by atoms with Crippen molar-refractivity contribution in [3.63, 3.8) is 0 Å². The Balaban J connectivity index is 1.91. The van der Waals surface area contributed by atoms with E-state index in [1.165, 1.54) is 25.1 Å². The molecule has 0 aliphatic heterocycles. The van der Waals surface area contributed by atoms with Crippen LogP contribution in [0.25, 0.3) is 5.69 Å². The van der Waals surface area contributed by atoms with Crippen molar-refractivity contribution < 1.29 is 27.1 Å². The summed E-state index contributed by atoms with van der Waals surface area (Å²) >= 11 is 11.8. The van der Waals surface area contributed by atoms with Crippen LogP contribution in [0.1, 0.15) is 12.6 Å². The molecule has 0 saturated heterocycles. The van der Waals surface area contributed by atoms with E-state index in [4.69, 9.17) is 27.9 Å². The van der Waals surface area contributed by atoms with Crippen LogP contribution in [0.5, 0.6) is 5.75 Å². The van der Waals surface area contributed by atoms with Gasteiger partial charge in [-0.3, -0.25) is 14.2 Å². The fourth-order valence-electron chi connectivity index (χ4n) is 2.93. The molecule has 0 bridgehead atoms. The molecule has 0 aliphatic rings. The van der Waals surface area contributed by atoms with Crippen molar-refractivity contribution in [3.8, 4) is 11.4 Å². The maximum absolute atomic E-state index is 14.3. The number of rotatable bonds is 5. The first kappa shape index (κ1) is 25.3. The van der Waals surface area contributed by atoms with Crippen LogP contribution in [-0.2, 0) is 18.0 Å². The Kier molecular flexibility index (Phi) is 7.08. The molecule has 1 atom stereocenters. The average molecular weight is 520 g/mol. The molecule has 1 N–H and O–H groups in total. The Morgan fingerprint density at radius 3 is 2.38 bits per heavy atom. The second kappa shape index (κ2) is 9.51. The second-order valence-corrected chi connectivity index (χ2v) is 7.87. The molecule has 1 amide bonds. The Labute approximate surface area is 199 Å². The van der Waals surface area contributed by atoms with Crippen LogP contribution < -0.4 is 21.3 Å². The molecule has 2 aromatic carbocycles. The van der Waals surface area contributed by atoms with Gasteiger partial charge < -0.3 is 10.1 Å². The molecule has 1 unspecified atom stereocenters. The molecular weight excluding hydrogens is 505 g/mol. The highest BCUT2D eigenvalue weighted by atomic mass is 35.5. The topological polar surface area (TPSA) is 82.3 Å². The van der Waals surface area contributed by atoms with Gasteiger partial charge in [-0.05, 0) is 43.3 Å². The highest BCUT2D eigenvalue weighted by molar-refractivity contribution is 6.35. The summed E-state index contributed by atoms with van der Waals surface area (Å²) in [5.41, 5.74) is -4.73. The number of carbonyl (C=O) groups excluding carboxylic acids is 1. The smallest absolute Gasteiger partial charge is 0.431 e. The zero-order valence-corrected chi connectivity index (χ0v) is 18.9. The predicted octanol–water partition coefficient (Wildman–Crippen LogP) is 4.41. The van der Waals surface area contributed by atoms with Gasteiger partial charge in [0.15, 0.2) is 6.10 Å². The number of alkyl halides is 3. The highest BCUT2D eigenvalue weighted by Gasteiger charge is 2.35. The summed E-state index contributed by atoms with van der Waals surface area (Å²) in [4.78, 5) is 37.2. The molecule has 3 rings (SSSR count). The standard InChI is InChI=1S/C21H15Cl2F4N3O4/c1-10(34-16-6-3-11(22)7-13(16)23)19(32)28-15-8-12(4-5-14(15)24)30-18(31)9-17(21(25,26)27)29(2)20(30)33/h3-10H,1-2H3,(H,28,32). The molecule has 0 fully saturated rings. The lowest BCUT2D eigenvalue weighted by Crippen LogP contribution is -2.40. The van der Waals surface area contributed by atoms with Gasteiger partial charge in [0.2, 0.25) is 0 Å². The van der Waals surface area contributed by atoms with Gasteiger partial charge in [0, 0.05) is 18.1 Å². The summed E-state index contributed by atoms with van der Waals surface area (Å²) in [6.07, 6.45) is -6.10. The third kappa shape index (κ3) is 5.26. The number of ether oxygens (including phenoxy) is 1. The minimum absolute atomic E-state index is 0.137. The van der Waals surface area contributed by atoms with Crippen molar-refractivity contribution in [1.29, 1.82) is 0 Å². The summed E-state index contributed by atoms with van der Waals surface area (Å²) < 4.78 is 59.6. The number of hydrogen-bond donors (Lipinski definition) is 1. The Hall–Kier alpha value is -3.31. The number of aromatic nitrogens is 2. The lowest BCUT2D eigenvalue weighted by molar-refractivity contribution is -0.144.